The van der Waals surface area contributed by atoms with Crippen LogP contribution < -0.4 is 0 Å². The number of sulfone groups is 1. The van der Waals surface area contributed by atoms with Crippen LogP contribution in [0.1, 0.15) is 71.1 Å². The van der Waals surface area contributed by atoms with Gasteiger partial charge in [0.2, 0.25) is 0 Å². The minimum absolute atomic E-state index is 0.0522. The molecule has 3 unspecified atom stereocenters. The lowest BCUT2D eigenvalue weighted by Crippen LogP contribution is -2.52. The van der Waals surface area contributed by atoms with Crippen LogP contribution in [0, 0.1) is 0 Å². The maximum atomic E-state index is 12.9. The highest BCUT2D eigenvalue weighted by molar-refractivity contribution is 7.91. The van der Waals surface area contributed by atoms with E-state index in [1.165, 1.54) is 25.5 Å². The Morgan fingerprint density at radius 1 is 1.08 bits per heavy atom. The van der Waals surface area contributed by atoms with Crippen molar-refractivity contribution in [2.24, 2.45) is 0 Å². The third-order valence-corrected chi connectivity index (χ3v) is 7.27. The summed E-state index contributed by atoms with van der Waals surface area (Å²) in [6, 6.07) is -0.217. The number of rotatable bonds is 6. The van der Waals surface area contributed by atoms with Crippen LogP contribution >= 0.6 is 0 Å². The van der Waals surface area contributed by atoms with Crippen molar-refractivity contribution in [3.63, 3.8) is 0 Å². The van der Waals surface area contributed by atoms with Gasteiger partial charge in [-0.1, -0.05) is 39.0 Å². The van der Waals surface area contributed by atoms with Crippen LogP contribution in [-0.2, 0) is 19.4 Å². The smallest absolute Gasteiger partial charge is 0.251 e. The van der Waals surface area contributed by atoms with Crippen molar-refractivity contribution in [3.8, 4) is 0 Å². The normalized spacial score (nSPS) is 27.6. The molecule has 0 saturated heterocycles. The molecule has 3 atom stereocenters. The van der Waals surface area contributed by atoms with E-state index >= 15 is 0 Å². The van der Waals surface area contributed by atoms with E-state index in [1.54, 1.807) is 11.9 Å². The lowest BCUT2D eigenvalue weighted by molar-refractivity contribution is -0.150. The number of nitrogens with zero attached hydrogens (tertiary/aromatic N) is 1. The first-order valence-electron chi connectivity index (χ1n) is 9.45. The zero-order valence-corrected chi connectivity index (χ0v) is 16.2. The van der Waals surface area contributed by atoms with Gasteiger partial charge in [-0.05, 0) is 32.1 Å². The van der Waals surface area contributed by atoms with Gasteiger partial charge in [0, 0.05) is 19.3 Å². The molecule has 140 valence electrons. The Balaban J connectivity index is 2.04. The van der Waals surface area contributed by atoms with Crippen LogP contribution in [-0.4, -0.2) is 56.0 Å². The van der Waals surface area contributed by atoms with Gasteiger partial charge in [-0.3, -0.25) is 4.79 Å². The van der Waals surface area contributed by atoms with Gasteiger partial charge in [-0.2, -0.15) is 0 Å². The summed E-state index contributed by atoms with van der Waals surface area (Å²) in [4.78, 5) is 14.6. The van der Waals surface area contributed by atoms with Crippen LogP contribution in [0.5, 0.6) is 0 Å². The van der Waals surface area contributed by atoms with Crippen molar-refractivity contribution in [1.29, 1.82) is 0 Å². The van der Waals surface area contributed by atoms with Gasteiger partial charge in [-0.25, -0.2) is 8.42 Å². The second-order valence-corrected chi connectivity index (χ2v) is 9.73. The molecule has 5 nitrogen and oxygen atoms in total. The van der Waals surface area contributed by atoms with E-state index in [9.17, 15) is 13.2 Å². The molecule has 2 aliphatic carbocycles. The average molecular weight is 360 g/mol. The predicted octanol–water partition coefficient (Wildman–Crippen LogP) is 2.93. The van der Waals surface area contributed by atoms with Crippen LogP contribution in [0.2, 0.25) is 0 Å². The Bertz CT molecular complexity index is 513. The third-order valence-electron chi connectivity index (χ3n) is 5.62. The Labute approximate surface area is 147 Å². The fraction of sp³-hybridized carbons (Fsp3) is 0.944. The number of amides is 1. The van der Waals surface area contributed by atoms with E-state index in [0.717, 1.165) is 32.1 Å². The summed E-state index contributed by atoms with van der Waals surface area (Å²) in [6.45, 7) is 1.97. The fourth-order valence-corrected chi connectivity index (χ4v) is 5.66. The van der Waals surface area contributed by atoms with Gasteiger partial charge < -0.3 is 9.64 Å². The molecular formula is C18H33NO4S. The van der Waals surface area contributed by atoms with Gasteiger partial charge in [0.1, 0.15) is 6.10 Å². The number of carbonyl (C=O) groups excluding carboxylic acids is 1. The van der Waals surface area contributed by atoms with E-state index in [0.29, 0.717) is 12.8 Å². The van der Waals surface area contributed by atoms with E-state index in [2.05, 4.69) is 0 Å². The highest BCUT2D eigenvalue weighted by atomic mass is 32.2. The summed E-state index contributed by atoms with van der Waals surface area (Å²) >= 11 is 0. The fourth-order valence-electron chi connectivity index (χ4n) is 4.17. The third kappa shape index (κ3) is 4.94. The van der Waals surface area contributed by atoms with Crippen molar-refractivity contribution in [3.05, 3.63) is 0 Å². The molecule has 0 bridgehead atoms. The summed E-state index contributed by atoms with van der Waals surface area (Å²) in [7, 11) is -1.39. The molecule has 24 heavy (non-hydrogen) atoms. The first kappa shape index (κ1) is 19.7. The highest BCUT2D eigenvalue weighted by Gasteiger charge is 2.38. The first-order valence-corrected chi connectivity index (χ1v) is 11.4. The Morgan fingerprint density at radius 2 is 1.67 bits per heavy atom. The van der Waals surface area contributed by atoms with Gasteiger partial charge in [0.15, 0.2) is 9.84 Å². The van der Waals surface area contributed by atoms with Crippen LogP contribution in [0.25, 0.3) is 0 Å². The zero-order valence-electron chi connectivity index (χ0n) is 15.4. The maximum Gasteiger partial charge on any atom is 0.251 e. The van der Waals surface area contributed by atoms with E-state index in [1.807, 2.05) is 6.92 Å². The predicted molar refractivity (Wildman–Crippen MR) is 95.7 cm³/mol. The molecule has 0 radical (unpaired) electrons. The molecule has 0 aromatic heterocycles. The van der Waals surface area contributed by atoms with Crippen LogP contribution in [0.4, 0.5) is 0 Å². The first-order chi connectivity index (χ1) is 11.3. The van der Waals surface area contributed by atoms with Gasteiger partial charge >= 0.3 is 0 Å². The van der Waals surface area contributed by atoms with E-state index in [-0.39, 0.29) is 18.1 Å². The van der Waals surface area contributed by atoms with Crippen molar-refractivity contribution in [2.75, 3.05) is 13.3 Å². The second-order valence-electron chi connectivity index (χ2n) is 7.46. The average Bonchev–Trinajstić information content (AvgIpc) is 2.58. The topological polar surface area (TPSA) is 63.7 Å². The van der Waals surface area contributed by atoms with E-state index < -0.39 is 21.2 Å². The SMILES string of the molecule is CCC(OC1CCCCC1)C(=O)N(C)C1CCCCC1S(C)(=O)=O. The molecule has 2 aliphatic rings. The van der Waals surface area contributed by atoms with Crippen LogP contribution in [0.15, 0.2) is 0 Å². The van der Waals surface area contributed by atoms with Gasteiger partial charge in [0.05, 0.1) is 11.4 Å². The highest BCUT2D eigenvalue weighted by Crippen LogP contribution is 2.29. The summed E-state index contributed by atoms with van der Waals surface area (Å²) in [5.41, 5.74) is 0. The molecule has 0 aromatic rings. The van der Waals surface area contributed by atoms with Crippen molar-refractivity contribution in [1.82, 2.24) is 4.90 Å². The Hall–Kier alpha value is -0.620. The summed E-state index contributed by atoms with van der Waals surface area (Å²) in [6.07, 6.45) is 10.6. The number of hydrogen-bond donors (Lipinski definition) is 0. The van der Waals surface area contributed by atoms with Crippen molar-refractivity contribution < 1.29 is 17.9 Å². The molecule has 2 fully saturated rings. The summed E-state index contributed by atoms with van der Waals surface area (Å²) < 4.78 is 30.3. The molecule has 0 spiro atoms. The summed E-state index contributed by atoms with van der Waals surface area (Å²) in [5.74, 6) is -0.0522. The lowest BCUT2D eigenvalue weighted by Gasteiger charge is -2.39. The summed E-state index contributed by atoms with van der Waals surface area (Å²) in [5, 5.41) is -0.438. The standard InChI is InChI=1S/C18H33NO4S/c1-4-16(23-14-10-6-5-7-11-14)18(20)19(2)15-12-8-9-13-17(15)24(3,21)22/h14-17H,4-13H2,1-3H3. The quantitative estimate of drug-likeness (QED) is 0.731. The number of carbonyl (C=O) groups is 1. The monoisotopic (exact) mass is 359 g/mol. The van der Waals surface area contributed by atoms with Gasteiger partial charge in [0.25, 0.3) is 5.91 Å². The molecule has 2 rings (SSSR count). The van der Waals surface area contributed by atoms with Crippen LogP contribution in [0.3, 0.4) is 0 Å². The minimum atomic E-state index is -3.15. The molecule has 2 saturated carbocycles. The molecular weight excluding hydrogens is 326 g/mol. The molecule has 0 heterocycles. The molecule has 1 amide bonds. The Morgan fingerprint density at radius 3 is 2.25 bits per heavy atom. The largest absolute Gasteiger partial charge is 0.365 e. The molecule has 0 aliphatic heterocycles. The van der Waals surface area contributed by atoms with E-state index in [4.69, 9.17) is 4.74 Å². The molecule has 0 N–H and O–H groups in total. The zero-order chi connectivity index (χ0) is 17.7. The Kier molecular flexibility index (Phi) is 7.10. The van der Waals surface area contributed by atoms with Gasteiger partial charge in [-0.15, -0.1) is 0 Å². The number of hydrogen-bond acceptors (Lipinski definition) is 4. The second kappa shape index (κ2) is 8.65. The minimum Gasteiger partial charge on any atom is -0.365 e. The molecule has 6 heteroatoms. The molecule has 0 aromatic carbocycles. The van der Waals surface area contributed by atoms with Crippen molar-refractivity contribution in [2.45, 2.75) is 94.6 Å². The number of ether oxygens (including phenoxy) is 1. The maximum absolute atomic E-state index is 12.9. The van der Waals surface area contributed by atoms with Crippen molar-refractivity contribution >= 4 is 15.7 Å². The lowest BCUT2D eigenvalue weighted by atomic mass is 9.93. The number of likely N-dealkylation sites (N-methyl/N-ethyl adjacent to an activating group) is 1.